The maximum Gasteiger partial charge on any atom is 0.337 e. The number of carbonyl (C=O) groups excluding carboxylic acids is 1. The Kier molecular flexibility index (Phi) is 7.50. The summed E-state index contributed by atoms with van der Waals surface area (Å²) in [6.45, 7) is 4.89. The monoisotopic (exact) mass is 477 g/mol. The van der Waals surface area contributed by atoms with Gasteiger partial charge in [0.05, 0.1) is 17.3 Å². The molecular weight excluding hydrogens is 450 g/mol. The van der Waals surface area contributed by atoms with Crippen molar-refractivity contribution in [2.75, 3.05) is 36.4 Å². The summed E-state index contributed by atoms with van der Waals surface area (Å²) >= 11 is 6.13. The summed E-state index contributed by atoms with van der Waals surface area (Å²) < 4.78 is 0. The molecule has 1 amide bonds. The first-order valence-corrected chi connectivity index (χ1v) is 11.8. The highest BCUT2D eigenvalue weighted by molar-refractivity contribution is 6.30. The van der Waals surface area contributed by atoms with E-state index in [2.05, 4.69) is 51.5 Å². The summed E-state index contributed by atoms with van der Waals surface area (Å²) in [6.07, 6.45) is 0.291. The number of nitrogens with zero attached hydrogens (tertiary/aromatic N) is 2. The van der Waals surface area contributed by atoms with Crippen LogP contribution < -0.4 is 10.2 Å². The third-order valence-corrected chi connectivity index (χ3v) is 6.43. The zero-order valence-electron chi connectivity index (χ0n) is 19.1. The molecule has 1 heterocycles. The average molecular weight is 478 g/mol. The zero-order valence-corrected chi connectivity index (χ0v) is 19.8. The van der Waals surface area contributed by atoms with Gasteiger partial charge in [0, 0.05) is 43.3 Å². The lowest BCUT2D eigenvalue weighted by Crippen LogP contribution is -2.48. The number of rotatable bonds is 7. The molecule has 2 N–H and O–H groups in total. The molecule has 0 aliphatic carbocycles. The van der Waals surface area contributed by atoms with E-state index in [1.54, 1.807) is 19.1 Å². The van der Waals surface area contributed by atoms with Gasteiger partial charge in [-0.1, -0.05) is 61.0 Å². The first-order valence-electron chi connectivity index (χ1n) is 11.4. The molecule has 1 saturated heterocycles. The number of carboxylic acid groups (broad SMARTS) is 1. The molecule has 0 bridgehead atoms. The Bertz CT molecular complexity index is 1140. The summed E-state index contributed by atoms with van der Waals surface area (Å²) in [7, 11) is 0. The molecule has 3 aromatic rings. The van der Waals surface area contributed by atoms with Crippen LogP contribution >= 0.6 is 11.6 Å². The fourth-order valence-electron chi connectivity index (χ4n) is 4.39. The van der Waals surface area contributed by atoms with E-state index < -0.39 is 5.97 Å². The largest absolute Gasteiger partial charge is 0.478 e. The van der Waals surface area contributed by atoms with Gasteiger partial charge in [-0.25, -0.2) is 4.79 Å². The fraction of sp³-hybridized carbons (Fsp3) is 0.259. The molecule has 1 aliphatic rings. The maximum atomic E-state index is 11.8. The van der Waals surface area contributed by atoms with Gasteiger partial charge in [-0.2, -0.15) is 0 Å². The second kappa shape index (κ2) is 10.7. The van der Waals surface area contributed by atoms with Gasteiger partial charge in [0.15, 0.2) is 0 Å². The van der Waals surface area contributed by atoms with E-state index in [0.717, 1.165) is 31.9 Å². The highest BCUT2D eigenvalue weighted by Crippen LogP contribution is 2.32. The highest BCUT2D eigenvalue weighted by Gasteiger charge is 2.27. The van der Waals surface area contributed by atoms with Crippen LogP contribution in [0.2, 0.25) is 5.02 Å². The smallest absolute Gasteiger partial charge is 0.337 e. The Morgan fingerprint density at radius 1 is 0.941 bits per heavy atom. The lowest BCUT2D eigenvalue weighted by molar-refractivity contribution is -0.115. The molecule has 0 aromatic heterocycles. The Hall–Kier alpha value is -3.35. The van der Waals surface area contributed by atoms with Gasteiger partial charge >= 0.3 is 5.97 Å². The number of carboxylic acids is 1. The van der Waals surface area contributed by atoms with E-state index in [1.807, 2.05) is 24.3 Å². The van der Waals surface area contributed by atoms with Gasteiger partial charge in [-0.15, -0.1) is 0 Å². The van der Waals surface area contributed by atoms with E-state index in [9.17, 15) is 14.7 Å². The van der Waals surface area contributed by atoms with Crippen LogP contribution in [0.4, 0.5) is 11.4 Å². The second-order valence-electron chi connectivity index (χ2n) is 8.32. The molecule has 1 aliphatic heterocycles. The molecule has 3 aromatic carbocycles. The molecule has 34 heavy (non-hydrogen) atoms. The van der Waals surface area contributed by atoms with Crippen molar-refractivity contribution in [3.8, 4) is 0 Å². The minimum Gasteiger partial charge on any atom is -0.478 e. The highest BCUT2D eigenvalue weighted by atomic mass is 35.5. The number of hydrogen-bond acceptors (Lipinski definition) is 4. The summed E-state index contributed by atoms with van der Waals surface area (Å²) in [4.78, 5) is 28.2. The van der Waals surface area contributed by atoms with Gasteiger partial charge in [-0.3, -0.25) is 9.69 Å². The van der Waals surface area contributed by atoms with Crippen LogP contribution in [-0.2, 0) is 4.79 Å². The zero-order chi connectivity index (χ0) is 24.1. The van der Waals surface area contributed by atoms with Gasteiger partial charge in [0.1, 0.15) is 0 Å². The van der Waals surface area contributed by atoms with Gasteiger partial charge in [-0.05, 0) is 41.5 Å². The van der Waals surface area contributed by atoms with Crippen LogP contribution in [0, 0.1) is 0 Å². The van der Waals surface area contributed by atoms with Crippen molar-refractivity contribution in [3.63, 3.8) is 0 Å². The molecule has 1 fully saturated rings. The van der Waals surface area contributed by atoms with Crippen LogP contribution in [0.15, 0.2) is 72.8 Å². The predicted molar refractivity (Wildman–Crippen MR) is 136 cm³/mol. The molecule has 1 atom stereocenters. The molecule has 0 spiro atoms. The fourth-order valence-corrected chi connectivity index (χ4v) is 4.51. The number of anilines is 2. The molecule has 0 saturated carbocycles. The normalized spacial score (nSPS) is 15.1. The van der Waals surface area contributed by atoms with Gasteiger partial charge in [0.25, 0.3) is 0 Å². The van der Waals surface area contributed by atoms with Crippen LogP contribution in [0.25, 0.3) is 0 Å². The number of piperazine rings is 1. The summed E-state index contributed by atoms with van der Waals surface area (Å²) in [6, 6.07) is 23.8. The number of benzene rings is 3. The Labute approximate surface area is 204 Å². The predicted octanol–water partition coefficient (Wildman–Crippen LogP) is 5.30. The molecular formula is C27H28ClN3O3. The van der Waals surface area contributed by atoms with Crippen molar-refractivity contribution in [1.82, 2.24) is 4.90 Å². The van der Waals surface area contributed by atoms with Crippen LogP contribution in [0.1, 0.15) is 40.9 Å². The van der Waals surface area contributed by atoms with E-state index in [-0.39, 0.29) is 17.5 Å². The van der Waals surface area contributed by atoms with Gasteiger partial charge in [0.2, 0.25) is 5.91 Å². The van der Waals surface area contributed by atoms with Gasteiger partial charge < -0.3 is 15.3 Å². The average Bonchev–Trinajstić information content (AvgIpc) is 2.86. The van der Waals surface area contributed by atoms with Crippen molar-refractivity contribution >= 4 is 34.9 Å². The number of nitrogens with one attached hydrogen (secondary N) is 1. The summed E-state index contributed by atoms with van der Waals surface area (Å²) in [5.41, 5.74) is 3.68. The molecule has 0 unspecified atom stereocenters. The van der Waals surface area contributed by atoms with Crippen LogP contribution in [-0.4, -0.2) is 48.1 Å². The quantitative estimate of drug-likeness (QED) is 0.483. The molecule has 4 rings (SSSR count). The maximum absolute atomic E-state index is 11.8. The SMILES string of the molecule is CCC(=O)Nc1ccc(N2CCN([C@@H](c3ccccc3)c3ccc(Cl)cc3)CC2)cc1C(=O)O. The van der Waals surface area contributed by atoms with Crippen molar-refractivity contribution in [2.45, 2.75) is 19.4 Å². The number of amides is 1. The molecule has 7 heteroatoms. The number of aromatic carboxylic acids is 1. The molecule has 176 valence electrons. The van der Waals surface area contributed by atoms with E-state index in [4.69, 9.17) is 11.6 Å². The molecule has 6 nitrogen and oxygen atoms in total. The number of halogens is 1. The molecule has 0 radical (unpaired) electrons. The minimum atomic E-state index is -1.06. The van der Waals surface area contributed by atoms with Crippen molar-refractivity contribution in [3.05, 3.63) is 94.5 Å². The van der Waals surface area contributed by atoms with Crippen molar-refractivity contribution < 1.29 is 14.7 Å². The summed E-state index contributed by atoms with van der Waals surface area (Å²) in [5, 5.41) is 13.1. The van der Waals surface area contributed by atoms with Crippen molar-refractivity contribution in [2.24, 2.45) is 0 Å². The van der Waals surface area contributed by atoms with E-state index >= 15 is 0 Å². The Morgan fingerprint density at radius 3 is 2.21 bits per heavy atom. The first-order chi connectivity index (χ1) is 16.5. The Balaban J connectivity index is 1.53. The van der Waals surface area contributed by atoms with E-state index in [0.29, 0.717) is 17.1 Å². The first kappa shape index (κ1) is 23.8. The standard InChI is InChI=1S/C27H28ClN3O3/c1-2-25(32)29-24-13-12-22(18-23(24)27(33)34)30-14-16-31(17-15-30)26(19-6-4-3-5-7-19)20-8-10-21(28)11-9-20/h3-13,18,26H,2,14-17H2,1H3,(H,29,32)(H,33,34)/t26-/m0/s1. The topological polar surface area (TPSA) is 72.9 Å². The Morgan fingerprint density at radius 2 is 1.59 bits per heavy atom. The number of carbonyl (C=O) groups is 2. The number of hydrogen-bond donors (Lipinski definition) is 2. The summed E-state index contributed by atoms with van der Waals surface area (Å²) in [5.74, 6) is -1.27. The van der Waals surface area contributed by atoms with Crippen molar-refractivity contribution in [1.29, 1.82) is 0 Å². The third kappa shape index (κ3) is 5.41. The third-order valence-electron chi connectivity index (χ3n) is 6.17. The van der Waals surface area contributed by atoms with E-state index in [1.165, 1.54) is 11.1 Å². The lowest BCUT2D eigenvalue weighted by Gasteiger charge is -2.40. The second-order valence-corrected chi connectivity index (χ2v) is 8.76. The van der Waals surface area contributed by atoms with Crippen LogP contribution in [0.3, 0.4) is 0 Å². The lowest BCUT2D eigenvalue weighted by atomic mass is 9.96. The minimum absolute atomic E-state index is 0.102. The van der Waals surface area contributed by atoms with Crippen LogP contribution in [0.5, 0.6) is 0 Å².